The topological polar surface area (TPSA) is 86.5 Å². The predicted octanol–water partition coefficient (Wildman–Crippen LogP) is 2.96. The Labute approximate surface area is 161 Å². The zero-order valence-electron chi connectivity index (χ0n) is 14.5. The molecule has 0 radical (unpaired) electrons. The van der Waals surface area contributed by atoms with Crippen LogP contribution in [0.3, 0.4) is 0 Å². The molecule has 3 rings (SSSR count). The maximum atomic E-state index is 13.2. The number of halogens is 1. The molecule has 3 atom stereocenters. The highest BCUT2D eigenvalue weighted by Crippen LogP contribution is 2.56. The zero-order valence-corrected chi connectivity index (χ0v) is 16.9. The van der Waals surface area contributed by atoms with Crippen molar-refractivity contribution in [3.63, 3.8) is 0 Å². The van der Waals surface area contributed by atoms with Crippen LogP contribution < -0.4 is 5.73 Å². The number of esters is 1. The number of nitrogens with two attached hydrogens (primary N) is 1. The van der Waals surface area contributed by atoms with Gasteiger partial charge in [0.15, 0.2) is 9.84 Å². The molecule has 1 aliphatic carbocycles. The highest BCUT2D eigenvalue weighted by Gasteiger charge is 2.74. The van der Waals surface area contributed by atoms with Gasteiger partial charge in [0.1, 0.15) is 10.8 Å². The second-order valence-corrected chi connectivity index (χ2v) is 9.45. The first-order valence-corrected chi connectivity index (χ1v) is 10.6. The summed E-state index contributed by atoms with van der Waals surface area (Å²) in [4.78, 5) is 12.7. The molecule has 0 spiro atoms. The van der Waals surface area contributed by atoms with Gasteiger partial charge in [-0.15, -0.1) is 0 Å². The summed E-state index contributed by atoms with van der Waals surface area (Å²) in [5.74, 6) is -1.34. The molecule has 26 heavy (non-hydrogen) atoms. The molecule has 0 saturated heterocycles. The first kappa shape index (κ1) is 19.1. The van der Waals surface area contributed by atoms with Gasteiger partial charge in [0.2, 0.25) is 0 Å². The van der Waals surface area contributed by atoms with Crippen molar-refractivity contribution < 1.29 is 17.9 Å². The number of ether oxygens (including phenoxy) is 1. The SMILES string of the molecule is CCOC(=O)[C@@]1(N)[C@@H](c2ccc(Br)cc2)[C@@H]1S(=O)(=O)c1ccc(C)cc1. The van der Waals surface area contributed by atoms with E-state index in [0.29, 0.717) is 5.56 Å². The number of hydrogen-bond donors (Lipinski definition) is 1. The Kier molecular flexibility index (Phi) is 4.98. The smallest absolute Gasteiger partial charge is 0.328 e. The van der Waals surface area contributed by atoms with Gasteiger partial charge in [0, 0.05) is 10.4 Å². The van der Waals surface area contributed by atoms with Crippen LogP contribution in [0.2, 0.25) is 0 Å². The molecule has 1 saturated carbocycles. The molecule has 1 fully saturated rings. The van der Waals surface area contributed by atoms with Gasteiger partial charge >= 0.3 is 5.97 Å². The van der Waals surface area contributed by atoms with E-state index < -0.39 is 32.5 Å². The van der Waals surface area contributed by atoms with E-state index >= 15 is 0 Å². The fourth-order valence-corrected chi connectivity index (χ4v) is 5.80. The van der Waals surface area contributed by atoms with Crippen molar-refractivity contribution >= 4 is 31.7 Å². The third-order valence-corrected chi connectivity index (χ3v) is 7.51. The Morgan fingerprint density at radius 1 is 1.15 bits per heavy atom. The minimum absolute atomic E-state index is 0.141. The maximum Gasteiger partial charge on any atom is 0.328 e. The number of carbonyl (C=O) groups excluding carboxylic acids is 1. The van der Waals surface area contributed by atoms with E-state index in [1.54, 1.807) is 55.5 Å². The second-order valence-electron chi connectivity index (χ2n) is 6.46. The Morgan fingerprint density at radius 3 is 2.27 bits per heavy atom. The normalized spacial score (nSPS) is 24.9. The van der Waals surface area contributed by atoms with Crippen molar-refractivity contribution in [2.45, 2.75) is 35.4 Å². The summed E-state index contributed by atoms with van der Waals surface area (Å²) >= 11 is 3.35. The molecule has 1 aliphatic rings. The predicted molar refractivity (Wildman–Crippen MR) is 103 cm³/mol. The van der Waals surface area contributed by atoms with Crippen LogP contribution in [0.25, 0.3) is 0 Å². The van der Waals surface area contributed by atoms with Crippen molar-refractivity contribution in [2.75, 3.05) is 6.61 Å². The molecular weight excluding hydrogens is 418 g/mol. The number of benzene rings is 2. The molecule has 0 amide bonds. The first-order chi connectivity index (χ1) is 12.2. The van der Waals surface area contributed by atoms with Crippen LogP contribution in [0.4, 0.5) is 0 Å². The summed E-state index contributed by atoms with van der Waals surface area (Å²) in [6.45, 7) is 3.69. The summed E-state index contributed by atoms with van der Waals surface area (Å²) in [5.41, 5.74) is 6.38. The summed E-state index contributed by atoms with van der Waals surface area (Å²) in [6.07, 6.45) is 0. The highest BCUT2D eigenvalue weighted by atomic mass is 79.9. The van der Waals surface area contributed by atoms with E-state index in [4.69, 9.17) is 10.5 Å². The molecule has 0 heterocycles. The number of carbonyl (C=O) groups is 1. The standard InChI is InChI=1S/C19H20BrNO4S/c1-3-25-18(22)19(21)16(13-6-8-14(20)9-7-13)17(19)26(23,24)15-10-4-12(2)5-11-15/h4-11,16-17H,3,21H2,1-2H3/t16-,17-,19+/m0/s1. The average molecular weight is 438 g/mol. The summed E-state index contributed by atoms with van der Waals surface area (Å²) in [5, 5.41) is -1.06. The zero-order chi connectivity index (χ0) is 19.1. The Morgan fingerprint density at radius 2 is 1.73 bits per heavy atom. The Bertz CT molecular complexity index is 925. The lowest BCUT2D eigenvalue weighted by molar-refractivity contribution is -0.145. The van der Waals surface area contributed by atoms with E-state index in [1.165, 1.54) is 0 Å². The van der Waals surface area contributed by atoms with E-state index in [0.717, 1.165) is 10.0 Å². The molecule has 2 aromatic carbocycles. The fourth-order valence-electron chi connectivity index (χ4n) is 3.30. The third-order valence-electron chi connectivity index (χ3n) is 4.72. The van der Waals surface area contributed by atoms with Crippen LogP contribution in [0.1, 0.15) is 24.0 Å². The fraction of sp³-hybridized carbons (Fsp3) is 0.316. The lowest BCUT2D eigenvalue weighted by Gasteiger charge is -2.11. The van der Waals surface area contributed by atoms with Gasteiger partial charge in [-0.25, -0.2) is 13.2 Å². The monoisotopic (exact) mass is 437 g/mol. The largest absolute Gasteiger partial charge is 0.465 e. The molecule has 7 heteroatoms. The summed E-state index contributed by atoms with van der Waals surface area (Å²) in [6, 6.07) is 13.7. The van der Waals surface area contributed by atoms with Gasteiger partial charge in [0.25, 0.3) is 0 Å². The average Bonchev–Trinajstić information content (AvgIpc) is 3.25. The number of aryl methyl sites for hydroxylation is 1. The van der Waals surface area contributed by atoms with Crippen LogP contribution in [0, 0.1) is 6.92 Å². The summed E-state index contributed by atoms with van der Waals surface area (Å²) in [7, 11) is -3.80. The van der Waals surface area contributed by atoms with Gasteiger partial charge < -0.3 is 10.5 Å². The first-order valence-electron chi connectivity index (χ1n) is 8.25. The molecular formula is C19H20BrNO4S. The molecule has 2 N–H and O–H groups in total. The minimum atomic E-state index is -3.80. The third kappa shape index (κ3) is 3.08. The van der Waals surface area contributed by atoms with Crippen molar-refractivity contribution in [2.24, 2.45) is 5.73 Å². The number of hydrogen-bond acceptors (Lipinski definition) is 5. The van der Waals surface area contributed by atoms with Crippen LogP contribution >= 0.6 is 15.9 Å². The van der Waals surface area contributed by atoms with Crippen LogP contribution in [0.15, 0.2) is 57.9 Å². The molecule has 0 unspecified atom stereocenters. The number of rotatable bonds is 5. The molecule has 0 aromatic heterocycles. The van der Waals surface area contributed by atoms with Gasteiger partial charge in [-0.05, 0) is 43.7 Å². The molecule has 0 aliphatic heterocycles. The van der Waals surface area contributed by atoms with Crippen molar-refractivity contribution in [3.8, 4) is 0 Å². The number of sulfone groups is 1. The summed E-state index contributed by atoms with van der Waals surface area (Å²) < 4.78 is 32.3. The van der Waals surface area contributed by atoms with Gasteiger partial charge in [0.05, 0.1) is 11.5 Å². The lowest BCUT2D eigenvalue weighted by Crippen LogP contribution is -2.41. The minimum Gasteiger partial charge on any atom is -0.465 e. The van der Waals surface area contributed by atoms with Gasteiger partial charge in [-0.3, -0.25) is 0 Å². The van der Waals surface area contributed by atoms with Crippen molar-refractivity contribution in [1.29, 1.82) is 0 Å². The van der Waals surface area contributed by atoms with Crippen LogP contribution in [0.5, 0.6) is 0 Å². The maximum absolute atomic E-state index is 13.2. The highest BCUT2D eigenvalue weighted by molar-refractivity contribution is 9.10. The van der Waals surface area contributed by atoms with Gasteiger partial charge in [-0.2, -0.15) is 0 Å². The van der Waals surface area contributed by atoms with Crippen molar-refractivity contribution in [1.82, 2.24) is 0 Å². The molecule has 2 aromatic rings. The molecule has 5 nitrogen and oxygen atoms in total. The van der Waals surface area contributed by atoms with Crippen LogP contribution in [-0.2, 0) is 19.4 Å². The van der Waals surface area contributed by atoms with E-state index in [9.17, 15) is 13.2 Å². The van der Waals surface area contributed by atoms with Crippen LogP contribution in [-0.4, -0.2) is 31.8 Å². The van der Waals surface area contributed by atoms with Gasteiger partial charge in [-0.1, -0.05) is 45.8 Å². The molecule has 0 bridgehead atoms. The molecule has 138 valence electrons. The van der Waals surface area contributed by atoms with Crippen molar-refractivity contribution in [3.05, 3.63) is 64.1 Å². The van der Waals surface area contributed by atoms with E-state index in [2.05, 4.69) is 15.9 Å². The van der Waals surface area contributed by atoms with E-state index in [-0.39, 0.29) is 11.5 Å². The lowest BCUT2D eigenvalue weighted by atomic mass is 10.1. The second kappa shape index (κ2) is 6.79. The quantitative estimate of drug-likeness (QED) is 0.726. The Hall–Kier alpha value is -1.70. The Balaban J connectivity index is 2.06. The van der Waals surface area contributed by atoms with E-state index in [1.807, 2.05) is 6.92 Å².